The van der Waals surface area contributed by atoms with E-state index in [-0.39, 0.29) is 17.7 Å². The lowest BCUT2D eigenvalue weighted by atomic mass is 9.96. The third-order valence-electron chi connectivity index (χ3n) is 7.09. The summed E-state index contributed by atoms with van der Waals surface area (Å²) >= 11 is 0. The highest BCUT2D eigenvalue weighted by Crippen LogP contribution is 2.25. The Kier molecular flexibility index (Phi) is 8.58. The van der Waals surface area contributed by atoms with Gasteiger partial charge < -0.3 is 20.7 Å². The van der Waals surface area contributed by atoms with Gasteiger partial charge in [-0.05, 0) is 99.8 Å². The van der Waals surface area contributed by atoms with Gasteiger partial charge in [0.2, 0.25) is 11.8 Å². The minimum atomic E-state index is -0.167. The number of rotatable bonds is 10. The van der Waals surface area contributed by atoms with Crippen LogP contribution in [0.15, 0.2) is 48.5 Å². The molecule has 1 aliphatic heterocycles. The lowest BCUT2D eigenvalue weighted by molar-refractivity contribution is -0.123. The van der Waals surface area contributed by atoms with Crippen molar-refractivity contribution in [1.29, 1.82) is 0 Å². The van der Waals surface area contributed by atoms with Crippen molar-refractivity contribution in [1.82, 2.24) is 4.90 Å². The Balaban J connectivity index is 1.17. The van der Waals surface area contributed by atoms with Crippen LogP contribution in [0.2, 0.25) is 0 Å². The van der Waals surface area contributed by atoms with Gasteiger partial charge in [-0.1, -0.05) is 24.3 Å². The van der Waals surface area contributed by atoms with E-state index in [1.807, 2.05) is 24.3 Å². The Labute approximate surface area is 202 Å². The van der Waals surface area contributed by atoms with Crippen LogP contribution in [0, 0.1) is 5.92 Å². The fourth-order valence-corrected chi connectivity index (χ4v) is 4.94. The Morgan fingerprint density at radius 3 is 2.38 bits per heavy atom. The number of anilines is 1. The first kappa shape index (κ1) is 24.3. The summed E-state index contributed by atoms with van der Waals surface area (Å²) in [5.74, 6) is 0.803. The number of carbonyl (C=O) groups excluding carboxylic acids is 2. The molecule has 34 heavy (non-hydrogen) atoms. The zero-order valence-electron chi connectivity index (χ0n) is 20.0. The van der Waals surface area contributed by atoms with Crippen LogP contribution in [0.3, 0.4) is 0 Å². The highest BCUT2D eigenvalue weighted by molar-refractivity contribution is 5.90. The molecule has 0 atom stereocenters. The molecule has 0 bridgehead atoms. The molecular weight excluding hydrogens is 426 g/mol. The van der Waals surface area contributed by atoms with Crippen LogP contribution in [0.1, 0.15) is 56.1 Å². The molecule has 2 aromatic rings. The van der Waals surface area contributed by atoms with Crippen molar-refractivity contribution in [2.24, 2.45) is 11.7 Å². The van der Waals surface area contributed by atoms with E-state index in [0.29, 0.717) is 18.9 Å². The molecule has 182 valence electrons. The maximum absolute atomic E-state index is 12.5. The van der Waals surface area contributed by atoms with Gasteiger partial charge in [0, 0.05) is 24.6 Å². The molecule has 0 unspecified atom stereocenters. The third-order valence-corrected chi connectivity index (χ3v) is 7.09. The topological polar surface area (TPSA) is 84.7 Å². The second-order valence-electron chi connectivity index (χ2n) is 9.69. The Hall–Kier alpha value is -2.86. The predicted molar refractivity (Wildman–Crippen MR) is 135 cm³/mol. The third kappa shape index (κ3) is 7.32. The normalized spacial score (nSPS) is 17.5. The fourth-order valence-electron chi connectivity index (χ4n) is 4.94. The number of likely N-dealkylation sites (tertiary alicyclic amines) is 1. The van der Waals surface area contributed by atoms with Crippen LogP contribution in [0.25, 0.3) is 0 Å². The lowest BCUT2D eigenvalue weighted by Gasteiger charge is -2.30. The summed E-state index contributed by atoms with van der Waals surface area (Å²) in [6.07, 6.45) is 8.93. The minimum Gasteiger partial charge on any atom is -0.490 e. The number of nitrogens with zero attached hydrogens (tertiary/aromatic N) is 1. The Bertz CT molecular complexity index is 946. The first-order valence-corrected chi connectivity index (χ1v) is 12.7. The number of primary amides is 1. The number of nitrogens with one attached hydrogen (secondary N) is 1. The average Bonchev–Trinajstić information content (AvgIpc) is 3.36. The zero-order chi connectivity index (χ0) is 23.8. The summed E-state index contributed by atoms with van der Waals surface area (Å²) in [6, 6.07) is 16.2. The predicted octanol–water partition coefficient (Wildman–Crippen LogP) is 4.32. The molecular formula is C28H37N3O3. The monoisotopic (exact) mass is 463 g/mol. The quantitative estimate of drug-likeness (QED) is 0.550. The van der Waals surface area contributed by atoms with Gasteiger partial charge in [-0.2, -0.15) is 0 Å². The van der Waals surface area contributed by atoms with E-state index in [2.05, 4.69) is 34.5 Å². The molecule has 2 amide bonds. The highest BCUT2D eigenvalue weighted by Gasteiger charge is 2.22. The molecule has 4 rings (SSSR count). The standard InChI is InChI=1S/C28H37N3O3/c29-28(33)23-15-18-31(19-16-23)17-14-21-8-11-24(12-9-21)30-27(32)13-10-22-4-3-7-26(20-22)34-25-5-1-2-6-25/h3-4,7-9,11-12,20,23,25H,1-2,5-6,10,13-19H2,(H2,29,33)(H,30,32). The molecule has 6 nitrogen and oxygen atoms in total. The molecule has 6 heteroatoms. The number of hydrogen-bond donors (Lipinski definition) is 2. The number of hydrogen-bond acceptors (Lipinski definition) is 4. The molecule has 2 fully saturated rings. The maximum atomic E-state index is 12.5. The number of ether oxygens (including phenoxy) is 1. The molecule has 0 spiro atoms. The van der Waals surface area contributed by atoms with Gasteiger partial charge in [0.05, 0.1) is 6.10 Å². The molecule has 1 saturated heterocycles. The van der Waals surface area contributed by atoms with Crippen molar-refractivity contribution < 1.29 is 14.3 Å². The van der Waals surface area contributed by atoms with E-state index < -0.39 is 0 Å². The summed E-state index contributed by atoms with van der Waals surface area (Å²) in [4.78, 5) is 26.2. The van der Waals surface area contributed by atoms with Crippen LogP contribution < -0.4 is 15.8 Å². The Morgan fingerprint density at radius 2 is 1.68 bits per heavy atom. The molecule has 1 heterocycles. The lowest BCUT2D eigenvalue weighted by Crippen LogP contribution is -2.39. The van der Waals surface area contributed by atoms with Gasteiger partial charge in [0.25, 0.3) is 0 Å². The number of carbonyl (C=O) groups is 2. The molecule has 2 aromatic carbocycles. The van der Waals surface area contributed by atoms with Gasteiger partial charge in [-0.25, -0.2) is 0 Å². The van der Waals surface area contributed by atoms with Crippen LogP contribution in [-0.4, -0.2) is 42.5 Å². The summed E-state index contributed by atoms with van der Waals surface area (Å²) < 4.78 is 6.08. The van der Waals surface area contributed by atoms with Gasteiger partial charge in [-0.3, -0.25) is 9.59 Å². The molecule has 2 aliphatic rings. The minimum absolute atomic E-state index is 0.0205. The maximum Gasteiger partial charge on any atom is 0.224 e. The van der Waals surface area contributed by atoms with E-state index >= 15 is 0 Å². The van der Waals surface area contributed by atoms with E-state index in [1.165, 1.54) is 18.4 Å². The van der Waals surface area contributed by atoms with E-state index in [4.69, 9.17) is 10.5 Å². The molecule has 1 aliphatic carbocycles. The van der Waals surface area contributed by atoms with Crippen molar-refractivity contribution in [3.8, 4) is 5.75 Å². The van der Waals surface area contributed by atoms with Crippen LogP contribution in [-0.2, 0) is 22.4 Å². The van der Waals surface area contributed by atoms with Gasteiger partial charge in [-0.15, -0.1) is 0 Å². The number of nitrogens with two attached hydrogens (primary N) is 1. The van der Waals surface area contributed by atoms with Gasteiger partial charge >= 0.3 is 0 Å². The second-order valence-corrected chi connectivity index (χ2v) is 9.69. The summed E-state index contributed by atoms with van der Waals surface area (Å²) in [5, 5.41) is 3.01. The van der Waals surface area contributed by atoms with Crippen molar-refractivity contribution in [2.45, 2.75) is 63.9 Å². The Morgan fingerprint density at radius 1 is 0.941 bits per heavy atom. The number of benzene rings is 2. The number of aryl methyl sites for hydroxylation is 1. The molecule has 3 N–H and O–H groups in total. The SMILES string of the molecule is NC(=O)C1CCN(CCc2ccc(NC(=O)CCc3cccc(OC4CCCC4)c3)cc2)CC1. The summed E-state index contributed by atoms with van der Waals surface area (Å²) in [7, 11) is 0. The van der Waals surface area contributed by atoms with E-state index in [9.17, 15) is 9.59 Å². The highest BCUT2D eigenvalue weighted by atomic mass is 16.5. The van der Waals surface area contributed by atoms with Crippen LogP contribution in [0.4, 0.5) is 5.69 Å². The van der Waals surface area contributed by atoms with Crippen molar-refractivity contribution >= 4 is 17.5 Å². The van der Waals surface area contributed by atoms with Crippen molar-refractivity contribution in [2.75, 3.05) is 25.0 Å². The number of piperidine rings is 1. The molecule has 0 aromatic heterocycles. The van der Waals surface area contributed by atoms with Gasteiger partial charge in [0.15, 0.2) is 0 Å². The largest absolute Gasteiger partial charge is 0.490 e. The van der Waals surface area contributed by atoms with Gasteiger partial charge in [0.1, 0.15) is 5.75 Å². The smallest absolute Gasteiger partial charge is 0.224 e. The summed E-state index contributed by atoms with van der Waals surface area (Å²) in [5.41, 5.74) is 8.61. The van der Waals surface area contributed by atoms with Crippen LogP contribution >= 0.6 is 0 Å². The first-order chi connectivity index (χ1) is 16.5. The van der Waals surface area contributed by atoms with Crippen LogP contribution in [0.5, 0.6) is 5.75 Å². The van der Waals surface area contributed by atoms with Crippen molar-refractivity contribution in [3.63, 3.8) is 0 Å². The van der Waals surface area contributed by atoms with Crippen molar-refractivity contribution in [3.05, 3.63) is 59.7 Å². The average molecular weight is 464 g/mol. The van der Waals surface area contributed by atoms with E-state index in [0.717, 1.165) is 68.7 Å². The zero-order valence-corrected chi connectivity index (χ0v) is 20.0. The molecule has 1 saturated carbocycles. The molecule has 0 radical (unpaired) electrons. The fraction of sp³-hybridized carbons (Fsp3) is 0.500. The first-order valence-electron chi connectivity index (χ1n) is 12.7. The summed E-state index contributed by atoms with van der Waals surface area (Å²) in [6.45, 7) is 2.83. The number of amides is 2. The van der Waals surface area contributed by atoms with E-state index in [1.54, 1.807) is 0 Å². The second kappa shape index (κ2) is 12.0.